The molecular weight excluding hydrogens is 364 g/mol. The average Bonchev–Trinajstić information content (AvgIpc) is 3.04. The first-order valence-electron chi connectivity index (χ1n) is 10.4. The van der Waals surface area contributed by atoms with E-state index in [9.17, 15) is 9.90 Å². The molecule has 3 aromatic rings. The van der Waals surface area contributed by atoms with E-state index in [4.69, 9.17) is 4.74 Å². The number of phenolic OH excluding ortho intramolecular Hbond substituents is 1. The van der Waals surface area contributed by atoms with E-state index >= 15 is 0 Å². The third-order valence-electron chi connectivity index (χ3n) is 5.78. The van der Waals surface area contributed by atoms with Gasteiger partial charge in [0, 0.05) is 28.9 Å². The zero-order valence-corrected chi connectivity index (χ0v) is 17.1. The number of ether oxygens (including phenoxy) is 1. The Kier molecular flexibility index (Phi) is 5.58. The third-order valence-corrected chi connectivity index (χ3v) is 5.78. The van der Waals surface area contributed by atoms with Crippen LogP contribution in [0.3, 0.4) is 0 Å². The lowest BCUT2D eigenvalue weighted by molar-refractivity contribution is 0.0527. The summed E-state index contributed by atoms with van der Waals surface area (Å²) in [6.07, 6.45) is 3.60. The fourth-order valence-electron chi connectivity index (χ4n) is 4.43. The second-order valence-corrected chi connectivity index (χ2v) is 7.65. The van der Waals surface area contributed by atoms with Gasteiger partial charge in [0.25, 0.3) is 0 Å². The second kappa shape index (κ2) is 8.29. The summed E-state index contributed by atoms with van der Waals surface area (Å²) in [5, 5.41) is 11.6. The summed E-state index contributed by atoms with van der Waals surface area (Å²) >= 11 is 0. The maximum absolute atomic E-state index is 12.9. The molecule has 0 radical (unpaired) electrons. The minimum absolute atomic E-state index is 0.235. The molecule has 1 aromatic heterocycles. The molecule has 1 aliphatic rings. The average molecular weight is 392 g/mol. The Morgan fingerprint density at radius 1 is 1.07 bits per heavy atom. The maximum atomic E-state index is 12.9. The number of carbonyl (C=O) groups excluding carboxylic acids is 1. The first-order valence-corrected chi connectivity index (χ1v) is 10.4. The highest BCUT2D eigenvalue weighted by Crippen LogP contribution is 2.37. The van der Waals surface area contributed by atoms with Crippen molar-refractivity contribution in [3.63, 3.8) is 0 Å². The quantitative estimate of drug-likeness (QED) is 0.633. The zero-order valence-electron chi connectivity index (χ0n) is 17.1. The van der Waals surface area contributed by atoms with Crippen molar-refractivity contribution in [3.05, 3.63) is 59.3 Å². The van der Waals surface area contributed by atoms with Gasteiger partial charge in [0.15, 0.2) is 0 Å². The smallest absolute Gasteiger partial charge is 0.340 e. The van der Waals surface area contributed by atoms with Crippen molar-refractivity contribution in [1.82, 2.24) is 9.47 Å². The summed E-state index contributed by atoms with van der Waals surface area (Å²) in [7, 11) is 0. The van der Waals surface area contributed by atoms with Crippen LogP contribution in [-0.4, -0.2) is 40.2 Å². The summed E-state index contributed by atoms with van der Waals surface area (Å²) < 4.78 is 7.49. The third kappa shape index (κ3) is 3.62. The van der Waals surface area contributed by atoms with Gasteiger partial charge in [-0.2, -0.15) is 0 Å². The number of hydrogen-bond donors (Lipinski definition) is 1. The number of benzene rings is 2. The van der Waals surface area contributed by atoms with Crippen LogP contribution in [0.15, 0.2) is 42.5 Å². The standard InChI is InChI=1S/C24H28N2O3/c1-3-29-24(28)22-17(2)26(18-10-6-4-7-11-18)20-12-13-21(27)19(23(20)22)16-25-14-8-5-9-15-25/h4,6-7,10-13,27H,3,5,8-9,14-16H2,1-2H3. The zero-order chi connectivity index (χ0) is 20.4. The number of aromatic nitrogens is 1. The van der Waals surface area contributed by atoms with E-state index in [-0.39, 0.29) is 11.7 Å². The number of nitrogens with zero attached hydrogens (tertiary/aromatic N) is 2. The molecule has 29 heavy (non-hydrogen) atoms. The SMILES string of the molecule is CCOC(=O)c1c(C)n(-c2ccccc2)c2ccc(O)c(CN3CCCCC3)c12. The van der Waals surface area contributed by atoms with Gasteiger partial charge in [-0.25, -0.2) is 4.79 Å². The topological polar surface area (TPSA) is 54.7 Å². The van der Waals surface area contributed by atoms with Crippen LogP contribution in [0.2, 0.25) is 0 Å². The van der Waals surface area contributed by atoms with Gasteiger partial charge in [0.1, 0.15) is 5.75 Å². The van der Waals surface area contributed by atoms with Crippen molar-refractivity contribution < 1.29 is 14.6 Å². The number of para-hydroxylation sites is 1. The van der Waals surface area contributed by atoms with E-state index in [1.54, 1.807) is 6.07 Å². The predicted molar refractivity (Wildman–Crippen MR) is 115 cm³/mol. The van der Waals surface area contributed by atoms with Gasteiger partial charge in [-0.15, -0.1) is 0 Å². The minimum atomic E-state index is -0.338. The number of fused-ring (bicyclic) bond motifs is 1. The number of hydrogen-bond acceptors (Lipinski definition) is 4. The van der Waals surface area contributed by atoms with Crippen LogP contribution in [0.4, 0.5) is 0 Å². The molecule has 2 heterocycles. The van der Waals surface area contributed by atoms with E-state index in [1.165, 1.54) is 19.3 Å². The molecule has 2 aromatic carbocycles. The molecule has 1 aliphatic heterocycles. The Labute approximate surface area is 171 Å². The van der Waals surface area contributed by atoms with Gasteiger partial charge in [0.2, 0.25) is 0 Å². The van der Waals surface area contributed by atoms with Gasteiger partial charge in [-0.1, -0.05) is 24.6 Å². The molecule has 0 atom stereocenters. The Balaban J connectivity index is 1.95. The first kappa shape index (κ1) is 19.5. The van der Waals surface area contributed by atoms with E-state index < -0.39 is 0 Å². The normalized spacial score (nSPS) is 15.0. The van der Waals surface area contributed by atoms with Crippen molar-refractivity contribution >= 4 is 16.9 Å². The van der Waals surface area contributed by atoms with Crippen LogP contribution in [0.25, 0.3) is 16.6 Å². The van der Waals surface area contributed by atoms with Gasteiger partial charge in [0.05, 0.1) is 17.7 Å². The van der Waals surface area contributed by atoms with Crippen LogP contribution in [0.5, 0.6) is 5.75 Å². The Hall–Kier alpha value is -2.79. The lowest BCUT2D eigenvalue weighted by Crippen LogP contribution is -2.29. The molecule has 0 spiro atoms. The number of likely N-dealkylation sites (tertiary alicyclic amines) is 1. The minimum Gasteiger partial charge on any atom is -0.508 e. The molecular formula is C24H28N2O3. The summed E-state index contributed by atoms with van der Waals surface area (Å²) in [6.45, 7) is 6.74. The molecule has 1 fully saturated rings. The van der Waals surface area contributed by atoms with Crippen molar-refractivity contribution in [1.29, 1.82) is 0 Å². The highest BCUT2D eigenvalue weighted by Gasteiger charge is 2.26. The number of aromatic hydroxyl groups is 1. The second-order valence-electron chi connectivity index (χ2n) is 7.65. The molecule has 0 aliphatic carbocycles. The number of carbonyl (C=O) groups is 1. The Bertz CT molecular complexity index is 1020. The fourth-order valence-corrected chi connectivity index (χ4v) is 4.43. The number of piperidine rings is 1. The molecule has 152 valence electrons. The monoisotopic (exact) mass is 392 g/mol. The van der Waals surface area contributed by atoms with E-state index in [0.717, 1.165) is 40.9 Å². The van der Waals surface area contributed by atoms with Crippen molar-refractivity contribution in [2.75, 3.05) is 19.7 Å². The summed E-state index contributed by atoms with van der Waals surface area (Å²) in [5.74, 6) is -0.103. The number of esters is 1. The van der Waals surface area contributed by atoms with E-state index in [2.05, 4.69) is 9.47 Å². The molecule has 0 amide bonds. The lowest BCUT2D eigenvalue weighted by atomic mass is 10.0. The van der Waals surface area contributed by atoms with Crippen molar-refractivity contribution in [2.45, 2.75) is 39.7 Å². The fraction of sp³-hybridized carbons (Fsp3) is 0.375. The highest BCUT2D eigenvalue weighted by atomic mass is 16.5. The molecule has 0 unspecified atom stereocenters. The summed E-state index contributed by atoms with van der Waals surface area (Å²) in [6, 6.07) is 13.6. The van der Waals surface area contributed by atoms with E-state index in [1.807, 2.05) is 50.2 Å². The van der Waals surface area contributed by atoms with Gasteiger partial charge < -0.3 is 14.4 Å². The van der Waals surface area contributed by atoms with Crippen LogP contribution in [0, 0.1) is 6.92 Å². The van der Waals surface area contributed by atoms with Gasteiger partial charge in [-0.3, -0.25) is 4.90 Å². The first-order chi connectivity index (χ1) is 14.1. The molecule has 1 N–H and O–H groups in total. The summed E-state index contributed by atoms with van der Waals surface area (Å²) in [5.41, 5.74) is 4.09. The Morgan fingerprint density at radius 2 is 1.79 bits per heavy atom. The number of rotatable bonds is 5. The molecule has 0 bridgehead atoms. The molecule has 5 nitrogen and oxygen atoms in total. The molecule has 4 rings (SSSR count). The number of phenols is 1. The molecule has 0 saturated carbocycles. The Morgan fingerprint density at radius 3 is 2.48 bits per heavy atom. The van der Waals surface area contributed by atoms with Gasteiger partial charge >= 0.3 is 5.97 Å². The lowest BCUT2D eigenvalue weighted by Gasteiger charge is -2.27. The van der Waals surface area contributed by atoms with Crippen LogP contribution in [0.1, 0.15) is 47.8 Å². The van der Waals surface area contributed by atoms with Crippen LogP contribution < -0.4 is 0 Å². The van der Waals surface area contributed by atoms with Crippen LogP contribution >= 0.6 is 0 Å². The molecule has 1 saturated heterocycles. The summed E-state index contributed by atoms with van der Waals surface area (Å²) in [4.78, 5) is 15.3. The van der Waals surface area contributed by atoms with Crippen molar-refractivity contribution in [2.24, 2.45) is 0 Å². The molecule has 5 heteroatoms. The van der Waals surface area contributed by atoms with Gasteiger partial charge in [-0.05, 0) is 64.0 Å². The largest absolute Gasteiger partial charge is 0.508 e. The highest BCUT2D eigenvalue weighted by molar-refractivity contribution is 6.08. The predicted octanol–water partition coefficient (Wildman–Crippen LogP) is 4.81. The van der Waals surface area contributed by atoms with Crippen molar-refractivity contribution in [3.8, 4) is 11.4 Å². The van der Waals surface area contributed by atoms with Crippen LogP contribution in [-0.2, 0) is 11.3 Å². The maximum Gasteiger partial charge on any atom is 0.340 e. The van der Waals surface area contributed by atoms with E-state index in [0.29, 0.717) is 18.7 Å².